The van der Waals surface area contributed by atoms with Crippen LogP contribution >= 0.6 is 0 Å². The molecular weight excluding hydrogens is 252 g/mol. The van der Waals surface area contributed by atoms with Crippen LogP contribution in [-0.4, -0.2) is 53.6 Å². The maximum atomic E-state index is 12.4. The molecule has 1 heterocycles. The summed E-state index contributed by atoms with van der Waals surface area (Å²) in [7, 11) is 0. The van der Waals surface area contributed by atoms with E-state index in [9.17, 15) is 14.4 Å². The quantitative estimate of drug-likeness (QED) is 0.697. The Morgan fingerprint density at radius 3 is 2.53 bits per heavy atom. The van der Waals surface area contributed by atoms with E-state index in [0.717, 1.165) is 6.42 Å². The maximum Gasteiger partial charge on any atom is 0.307 e. The first-order valence-corrected chi connectivity index (χ1v) is 6.42. The molecule has 0 radical (unpaired) electrons. The predicted molar refractivity (Wildman–Crippen MR) is 64.0 cm³/mol. The summed E-state index contributed by atoms with van der Waals surface area (Å²) in [5, 5.41) is 9.12. The molecule has 2 fully saturated rings. The molecule has 3 N–H and O–H groups in total. The van der Waals surface area contributed by atoms with Gasteiger partial charge in [-0.05, 0) is 12.8 Å². The number of nitrogens with two attached hydrogens (primary N) is 1. The molecule has 1 saturated carbocycles. The van der Waals surface area contributed by atoms with Gasteiger partial charge in [-0.1, -0.05) is 6.42 Å². The minimum absolute atomic E-state index is 0.0888. The molecular formula is C12H18N2O5. The van der Waals surface area contributed by atoms with Gasteiger partial charge in [-0.25, -0.2) is 0 Å². The minimum atomic E-state index is -0.945. The number of carbonyl (C=O) groups is 3. The summed E-state index contributed by atoms with van der Waals surface area (Å²) in [6.07, 6.45) is 1.79. The molecule has 1 aliphatic heterocycles. The number of morpholine rings is 1. The molecule has 0 aromatic carbocycles. The van der Waals surface area contributed by atoms with Crippen molar-refractivity contribution in [3.63, 3.8) is 0 Å². The number of carboxylic acid groups (broad SMARTS) is 1. The Bertz CT molecular complexity index is 398. The Labute approximate surface area is 110 Å². The van der Waals surface area contributed by atoms with Crippen LogP contribution in [-0.2, 0) is 19.1 Å². The summed E-state index contributed by atoms with van der Waals surface area (Å²) < 4.78 is 5.15. The Morgan fingerprint density at radius 2 is 1.89 bits per heavy atom. The molecule has 0 spiro atoms. The molecule has 2 amide bonds. The van der Waals surface area contributed by atoms with E-state index < -0.39 is 29.8 Å². The first-order valence-electron chi connectivity index (χ1n) is 6.42. The van der Waals surface area contributed by atoms with Crippen LogP contribution < -0.4 is 5.73 Å². The largest absolute Gasteiger partial charge is 0.481 e. The highest BCUT2D eigenvalue weighted by Gasteiger charge is 2.42. The molecule has 106 valence electrons. The third kappa shape index (κ3) is 2.70. The summed E-state index contributed by atoms with van der Waals surface area (Å²) in [6, 6.07) is -0.781. The fourth-order valence-corrected chi connectivity index (χ4v) is 2.87. The molecule has 7 heteroatoms. The van der Waals surface area contributed by atoms with E-state index in [1.165, 1.54) is 4.90 Å². The van der Waals surface area contributed by atoms with Crippen molar-refractivity contribution < 1.29 is 24.2 Å². The van der Waals surface area contributed by atoms with Gasteiger partial charge in [0.25, 0.3) is 0 Å². The third-order valence-corrected chi connectivity index (χ3v) is 3.89. The first kappa shape index (κ1) is 13.8. The van der Waals surface area contributed by atoms with Gasteiger partial charge in [0.1, 0.15) is 6.04 Å². The number of carbonyl (C=O) groups excluding carboxylic acids is 2. The molecule has 2 rings (SSSR count). The zero-order valence-electron chi connectivity index (χ0n) is 10.6. The van der Waals surface area contributed by atoms with E-state index in [2.05, 4.69) is 0 Å². The fraction of sp³-hybridized carbons (Fsp3) is 0.750. The molecule has 19 heavy (non-hydrogen) atoms. The molecule has 3 unspecified atom stereocenters. The fourth-order valence-electron chi connectivity index (χ4n) is 2.87. The van der Waals surface area contributed by atoms with Crippen LogP contribution in [0.1, 0.15) is 19.3 Å². The molecule has 0 aromatic rings. The zero-order valence-corrected chi connectivity index (χ0v) is 10.6. The summed E-state index contributed by atoms with van der Waals surface area (Å²) in [5.74, 6) is -3.03. The van der Waals surface area contributed by atoms with Crippen molar-refractivity contribution in [3.8, 4) is 0 Å². The van der Waals surface area contributed by atoms with Crippen molar-refractivity contribution in [2.75, 3.05) is 19.8 Å². The Hall–Kier alpha value is -1.63. The second-order valence-corrected chi connectivity index (χ2v) is 5.01. The van der Waals surface area contributed by atoms with Crippen LogP contribution in [0.15, 0.2) is 0 Å². The minimum Gasteiger partial charge on any atom is -0.481 e. The predicted octanol–water partition coefficient (Wildman–Crippen LogP) is -0.800. The van der Waals surface area contributed by atoms with Crippen LogP contribution in [0.3, 0.4) is 0 Å². The van der Waals surface area contributed by atoms with Crippen LogP contribution in [0, 0.1) is 11.8 Å². The lowest BCUT2D eigenvalue weighted by Gasteiger charge is -2.35. The van der Waals surface area contributed by atoms with E-state index in [1.54, 1.807) is 0 Å². The van der Waals surface area contributed by atoms with E-state index in [4.69, 9.17) is 15.6 Å². The van der Waals surface area contributed by atoms with Crippen molar-refractivity contribution in [3.05, 3.63) is 0 Å². The lowest BCUT2D eigenvalue weighted by Crippen LogP contribution is -2.56. The monoisotopic (exact) mass is 270 g/mol. The van der Waals surface area contributed by atoms with E-state index in [1.807, 2.05) is 0 Å². The van der Waals surface area contributed by atoms with Gasteiger partial charge in [-0.2, -0.15) is 0 Å². The molecule has 0 bridgehead atoms. The van der Waals surface area contributed by atoms with Crippen LogP contribution in [0.5, 0.6) is 0 Å². The second-order valence-electron chi connectivity index (χ2n) is 5.01. The van der Waals surface area contributed by atoms with E-state index in [0.29, 0.717) is 19.4 Å². The van der Waals surface area contributed by atoms with Crippen molar-refractivity contribution in [1.82, 2.24) is 4.90 Å². The topological polar surface area (TPSA) is 110 Å². The van der Waals surface area contributed by atoms with Gasteiger partial charge in [0, 0.05) is 6.54 Å². The number of hydrogen-bond acceptors (Lipinski definition) is 4. The van der Waals surface area contributed by atoms with Gasteiger partial charge in [0.15, 0.2) is 0 Å². The smallest absolute Gasteiger partial charge is 0.307 e. The van der Waals surface area contributed by atoms with Crippen LogP contribution in [0.25, 0.3) is 0 Å². The highest BCUT2D eigenvalue weighted by atomic mass is 16.5. The number of carboxylic acids is 1. The van der Waals surface area contributed by atoms with Crippen molar-refractivity contribution >= 4 is 17.8 Å². The zero-order chi connectivity index (χ0) is 14.0. The molecule has 1 aliphatic carbocycles. The van der Waals surface area contributed by atoms with Gasteiger partial charge in [-0.15, -0.1) is 0 Å². The van der Waals surface area contributed by atoms with Gasteiger partial charge in [0.05, 0.1) is 25.0 Å². The lowest BCUT2D eigenvalue weighted by molar-refractivity contribution is -0.155. The van der Waals surface area contributed by atoms with Gasteiger partial charge in [0.2, 0.25) is 11.8 Å². The van der Waals surface area contributed by atoms with Gasteiger partial charge in [-0.3, -0.25) is 14.4 Å². The van der Waals surface area contributed by atoms with Crippen LogP contribution in [0.4, 0.5) is 0 Å². The van der Waals surface area contributed by atoms with Crippen molar-refractivity contribution in [2.24, 2.45) is 17.6 Å². The molecule has 1 saturated heterocycles. The van der Waals surface area contributed by atoms with Crippen LogP contribution in [0.2, 0.25) is 0 Å². The Kier molecular flexibility index (Phi) is 4.04. The van der Waals surface area contributed by atoms with Crippen molar-refractivity contribution in [2.45, 2.75) is 25.3 Å². The lowest BCUT2D eigenvalue weighted by atomic mass is 9.94. The summed E-state index contributed by atoms with van der Waals surface area (Å²) in [4.78, 5) is 36.3. The summed E-state index contributed by atoms with van der Waals surface area (Å²) in [5.41, 5.74) is 5.26. The highest BCUT2D eigenvalue weighted by molar-refractivity contribution is 5.90. The van der Waals surface area contributed by atoms with Crippen molar-refractivity contribution in [1.29, 1.82) is 0 Å². The summed E-state index contributed by atoms with van der Waals surface area (Å²) >= 11 is 0. The number of aliphatic carboxylic acids is 1. The maximum absolute atomic E-state index is 12.4. The molecule has 3 atom stereocenters. The average Bonchev–Trinajstić information content (AvgIpc) is 2.87. The number of nitrogens with zero attached hydrogens (tertiary/aromatic N) is 1. The average molecular weight is 270 g/mol. The number of rotatable bonds is 3. The number of primary amides is 1. The Morgan fingerprint density at radius 1 is 1.21 bits per heavy atom. The molecule has 0 aromatic heterocycles. The normalized spacial score (nSPS) is 31.2. The molecule has 2 aliphatic rings. The number of ether oxygens (including phenoxy) is 1. The standard InChI is InChI=1S/C12H18N2O5/c13-10(15)9-6-19-5-4-14(9)11(16)7-2-1-3-8(7)12(17)18/h7-9H,1-6H2,(H2,13,15)(H,17,18). The van der Waals surface area contributed by atoms with E-state index in [-0.39, 0.29) is 19.1 Å². The first-order chi connectivity index (χ1) is 9.02. The second kappa shape index (κ2) is 5.56. The molecule has 7 nitrogen and oxygen atoms in total. The van der Waals surface area contributed by atoms with Gasteiger partial charge < -0.3 is 20.5 Å². The summed E-state index contributed by atoms with van der Waals surface area (Å²) in [6.45, 7) is 0.723. The van der Waals surface area contributed by atoms with E-state index >= 15 is 0 Å². The third-order valence-electron chi connectivity index (χ3n) is 3.89. The number of hydrogen-bond donors (Lipinski definition) is 2. The Balaban J connectivity index is 2.13. The van der Waals surface area contributed by atoms with Gasteiger partial charge >= 0.3 is 5.97 Å². The number of amides is 2. The SMILES string of the molecule is NC(=O)C1COCCN1C(=O)C1CCCC1C(=O)O. The highest BCUT2D eigenvalue weighted by Crippen LogP contribution is 2.34.